The number of thiazole rings is 1. The molecule has 0 N–H and O–H groups in total. The van der Waals surface area contributed by atoms with Crippen LogP contribution in [0.2, 0.25) is 0 Å². The number of anilines is 1. The number of fused-ring (bicyclic) bond motifs is 1. The van der Waals surface area contributed by atoms with E-state index in [4.69, 9.17) is 0 Å². The van der Waals surface area contributed by atoms with Crippen LogP contribution >= 0.6 is 11.3 Å². The van der Waals surface area contributed by atoms with E-state index >= 15 is 0 Å². The van der Waals surface area contributed by atoms with Crippen LogP contribution in [-0.2, 0) is 21.2 Å². The van der Waals surface area contributed by atoms with Gasteiger partial charge in [-0.3, -0.25) is 9.69 Å². The molecule has 0 fully saturated rings. The van der Waals surface area contributed by atoms with Crippen LogP contribution in [0.4, 0.5) is 9.52 Å². The smallest absolute Gasteiger partial charge is 0.244 e. The number of carbonyl (C=O) groups is 1. The Hall–Kier alpha value is -3.10. The highest BCUT2D eigenvalue weighted by atomic mass is 32.2. The van der Waals surface area contributed by atoms with Crippen molar-refractivity contribution in [3.8, 4) is 0 Å². The fraction of sp³-hybridized carbons (Fsp3) is 0.130. The average molecular weight is 455 g/mol. The standard InChI is InChI=1S/C23H19FN2O3S2/c1-16-6-5-9-20-22(16)25-23(30-20)26(14-17-7-3-2-4-8-17)21(27)15-31(28,29)19-12-10-18(24)11-13-19/h2-13H,14-15H2,1H3. The molecular weight excluding hydrogens is 435 g/mol. The van der Waals surface area contributed by atoms with Crippen molar-refractivity contribution in [2.24, 2.45) is 0 Å². The first kappa shape index (κ1) is 21.1. The van der Waals surface area contributed by atoms with Crippen LogP contribution in [0, 0.1) is 12.7 Å². The number of hydrogen-bond acceptors (Lipinski definition) is 5. The number of benzene rings is 3. The summed E-state index contributed by atoms with van der Waals surface area (Å²) >= 11 is 1.34. The predicted molar refractivity (Wildman–Crippen MR) is 120 cm³/mol. The largest absolute Gasteiger partial charge is 0.283 e. The van der Waals surface area contributed by atoms with Gasteiger partial charge in [-0.1, -0.05) is 53.8 Å². The maximum Gasteiger partial charge on any atom is 0.244 e. The molecule has 1 heterocycles. The molecular formula is C23H19FN2O3S2. The number of halogens is 1. The Bertz CT molecular complexity index is 1330. The predicted octanol–water partition coefficient (Wildman–Crippen LogP) is 4.75. The third-order valence-corrected chi connectivity index (χ3v) is 7.47. The number of aryl methyl sites for hydroxylation is 1. The molecule has 31 heavy (non-hydrogen) atoms. The van der Waals surface area contributed by atoms with E-state index in [1.54, 1.807) is 0 Å². The summed E-state index contributed by atoms with van der Waals surface area (Å²) in [5.41, 5.74) is 2.62. The van der Waals surface area contributed by atoms with Crippen molar-refractivity contribution in [3.63, 3.8) is 0 Å². The maximum atomic E-state index is 13.2. The van der Waals surface area contributed by atoms with Crippen LogP contribution < -0.4 is 4.90 Å². The number of sulfone groups is 1. The van der Waals surface area contributed by atoms with Gasteiger partial charge >= 0.3 is 0 Å². The molecule has 0 unspecified atom stereocenters. The highest BCUT2D eigenvalue weighted by Gasteiger charge is 2.27. The number of hydrogen-bond donors (Lipinski definition) is 0. The molecule has 1 aromatic heterocycles. The fourth-order valence-electron chi connectivity index (χ4n) is 3.18. The minimum Gasteiger partial charge on any atom is -0.283 e. The highest BCUT2D eigenvalue weighted by molar-refractivity contribution is 7.92. The summed E-state index contributed by atoms with van der Waals surface area (Å²) in [6, 6.07) is 19.6. The lowest BCUT2D eigenvalue weighted by Crippen LogP contribution is -2.35. The molecule has 0 atom stereocenters. The Morgan fingerprint density at radius 3 is 2.39 bits per heavy atom. The maximum absolute atomic E-state index is 13.2. The van der Waals surface area contributed by atoms with E-state index in [-0.39, 0.29) is 11.4 Å². The third-order valence-electron chi connectivity index (χ3n) is 4.81. The van der Waals surface area contributed by atoms with Gasteiger partial charge in [-0.25, -0.2) is 17.8 Å². The lowest BCUT2D eigenvalue weighted by Gasteiger charge is -2.20. The minimum absolute atomic E-state index is 0.0953. The SMILES string of the molecule is Cc1cccc2sc(N(Cc3ccccc3)C(=O)CS(=O)(=O)c3ccc(F)cc3)nc12. The molecule has 0 saturated heterocycles. The first-order valence-electron chi connectivity index (χ1n) is 9.52. The summed E-state index contributed by atoms with van der Waals surface area (Å²) in [5, 5.41) is 0.437. The first-order valence-corrected chi connectivity index (χ1v) is 12.0. The number of rotatable bonds is 6. The van der Waals surface area contributed by atoms with E-state index in [0.29, 0.717) is 5.13 Å². The fourth-order valence-corrected chi connectivity index (χ4v) is 5.44. The van der Waals surface area contributed by atoms with Crippen molar-refractivity contribution in [3.05, 3.63) is 89.7 Å². The van der Waals surface area contributed by atoms with Gasteiger partial charge in [-0.2, -0.15) is 0 Å². The van der Waals surface area contributed by atoms with Gasteiger partial charge in [0.15, 0.2) is 15.0 Å². The Kier molecular flexibility index (Phi) is 5.84. The monoisotopic (exact) mass is 454 g/mol. The molecule has 158 valence electrons. The van der Waals surface area contributed by atoms with Gasteiger partial charge in [0.25, 0.3) is 0 Å². The summed E-state index contributed by atoms with van der Waals surface area (Å²) in [6.45, 7) is 2.13. The normalized spacial score (nSPS) is 11.5. The average Bonchev–Trinajstić information content (AvgIpc) is 3.18. The van der Waals surface area contributed by atoms with Gasteiger partial charge in [-0.15, -0.1) is 0 Å². The minimum atomic E-state index is -3.94. The van der Waals surface area contributed by atoms with Crippen molar-refractivity contribution in [2.45, 2.75) is 18.4 Å². The van der Waals surface area contributed by atoms with Crippen LogP contribution in [0.15, 0.2) is 77.7 Å². The second-order valence-corrected chi connectivity index (χ2v) is 10.1. The summed E-state index contributed by atoms with van der Waals surface area (Å²) in [6.07, 6.45) is 0. The summed E-state index contributed by atoms with van der Waals surface area (Å²) in [7, 11) is -3.94. The molecule has 5 nitrogen and oxygen atoms in total. The second kappa shape index (κ2) is 8.56. The molecule has 0 saturated carbocycles. The Morgan fingerprint density at radius 1 is 1.00 bits per heavy atom. The number of carbonyl (C=O) groups excluding carboxylic acids is 1. The quantitative estimate of drug-likeness (QED) is 0.394. The van der Waals surface area contributed by atoms with Crippen molar-refractivity contribution >= 4 is 42.4 Å². The Morgan fingerprint density at radius 2 is 1.71 bits per heavy atom. The van der Waals surface area contributed by atoms with Gasteiger partial charge < -0.3 is 0 Å². The van der Waals surface area contributed by atoms with Crippen LogP contribution in [0.25, 0.3) is 10.2 Å². The van der Waals surface area contributed by atoms with E-state index < -0.39 is 27.3 Å². The van der Waals surface area contributed by atoms with Crippen molar-refractivity contribution in [2.75, 3.05) is 10.7 Å². The molecule has 0 radical (unpaired) electrons. The van der Waals surface area contributed by atoms with E-state index in [2.05, 4.69) is 4.98 Å². The number of para-hydroxylation sites is 1. The topological polar surface area (TPSA) is 67.3 Å². The zero-order valence-corrected chi connectivity index (χ0v) is 18.3. The molecule has 1 amide bonds. The summed E-state index contributed by atoms with van der Waals surface area (Å²) in [5.74, 6) is -1.87. The number of aromatic nitrogens is 1. The van der Waals surface area contributed by atoms with Gasteiger partial charge in [-0.05, 0) is 48.4 Å². The van der Waals surface area contributed by atoms with Crippen molar-refractivity contribution in [1.29, 1.82) is 0 Å². The number of amides is 1. The van der Waals surface area contributed by atoms with E-state index in [9.17, 15) is 17.6 Å². The second-order valence-electron chi connectivity index (χ2n) is 7.10. The van der Waals surface area contributed by atoms with Gasteiger partial charge in [0.2, 0.25) is 5.91 Å². The van der Waals surface area contributed by atoms with E-state index in [1.807, 2.05) is 55.5 Å². The van der Waals surface area contributed by atoms with Gasteiger partial charge in [0.1, 0.15) is 11.6 Å². The molecule has 8 heteroatoms. The third kappa shape index (κ3) is 4.65. The van der Waals surface area contributed by atoms with E-state index in [0.717, 1.165) is 33.5 Å². The first-order chi connectivity index (χ1) is 14.8. The molecule has 0 aliphatic carbocycles. The van der Waals surface area contributed by atoms with Crippen LogP contribution in [0.5, 0.6) is 0 Å². The lowest BCUT2D eigenvalue weighted by atomic mass is 10.2. The molecule has 4 aromatic rings. The zero-order valence-electron chi connectivity index (χ0n) is 16.7. The Balaban J connectivity index is 1.70. The lowest BCUT2D eigenvalue weighted by molar-refractivity contribution is -0.116. The van der Waals surface area contributed by atoms with Gasteiger partial charge in [0.05, 0.1) is 21.7 Å². The van der Waals surface area contributed by atoms with Crippen LogP contribution in [-0.4, -0.2) is 25.1 Å². The number of nitrogens with zero attached hydrogens (tertiary/aromatic N) is 2. The van der Waals surface area contributed by atoms with Crippen molar-refractivity contribution in [1.82, 2.24) is 4.98 Å². The Labute approximate surface area is 183 Å². The molecule has 3 aromatic carbocycles. The molecule has 0 spiro atoms. The molecule has 0 aliphatic rings. The molecule has 0 aliphatic heterocycles. The van der Waals surface area contributed by atoms with Crippen molar-refractivity contribution < 1.29 is 17.6 Å². The highest BCUT2D eigenvalue weighted by Crippen LogP contribution is 2.32. The molecule has 4 rings (SSSR count). The van der Waals surface area contributed by atoms with Crippen LogP contribution in [0.1, 0.15) is 11.1 Å². The van der Waals surface area contributed by atoms with E-state index in [1.165, 1.54) is 28.4 Å². The summed E-state index contributed by atoms with van der Waals surface area (Å²) < 4.78 is 39.7. The van der Waals surface area contributed by atoms with Gasteiger partial charge in [0, 0.05) is 0 Å². The van der Waals surface area contributed by atoms with Crippen LogP contribution in [0.3, 0.4) is 0 Å². The summed E-state index contributed by atoms with van der Waals surface area (Å²) in [4.78, 5) is 19.1. The zero-order chi connectivity index (χ0) is 22.0. The molecule has 0 bridgehead atoms.